The van der Waals surface area contributed by atoms with Crippen molar-refractivity contribution in [2.24, 2.45) is 0 Å². The molecule has 6 heteroatoms. The monoisotopic (exact) mass is 267 g/mol. The van der Waals surface area contributed by atoms with Crippen molar-refractivity contribution in [3.8, 4) is 5.75 Å². The van der Waals surface area contributed by atoms with E-state index in [-0.39, 0.29) is 13.2 Å². The number of hydrogen-bond donors (Lipinski definition) is 1. The zero-order valence-electron chi connectivity index (χ0n) is 10.9. The molecule has 1 rings (SSSR count). The maximum Gasteiger partial charge on any atom is 0.254 e. The van der Waals surface area contributed by atoms with Gasteiger partial charge in [0.1, 0.15) is 24.9 Å². The Balaban J connectivity index is 2.60. The van der Waals surface area contributed by atoms with Crippen molar-refractivity contribution >= 4 is 17.9 Å². The number of anilines is 1. The highest BCUT2D eigenvalue weighted by Gasteiger charge is 2.18. The van der Waals surface area contributed by atoms with Crippen LogP contribution in [0.15, 0.2) is 24.3 Å². The van der Waals surface area contributed by atoms with Crippen LogP contribution < -0.4 is 10.1 Å². The van der Waals surface area contributed by atoms with Gasteiger partial charge in [0.05, 0.1) is 7.11 Å². The van der Waals surface area contributed by atoms with E-state index in [2.05, 4.69) is 5.32 Å². The maximum absolute atomic E-state index is 11.9. The second kappa shape index (κ2) is 8.23. The van der Waals surface area contributed by atoms with Gasteiger partial charge in [-0.1, -0.05) is 0 Å². The summed E-state index contributed by atoms with van der Waals surface area (Å²) in [7, 11) is 3.01. The topological polar surface area (TPSA) is 73.9 Å². The number of amides is 1. The highest BCUT2D eigenvalue weighted by Crippen LogP contribution is 2.15. The summed E-state index contributed by atoms with van der Waals surface area (Å²) in [4.78, 5) is 22.4. The standard InChI is InChI=1S/C13H17NO5/c1-17-9-19-12(7-8-15)13(16)14-10-3-5-11(18-2)6-4-10/h3-6,8,12H,7,9H2,1-2H3,(H,14,16)/t12-/m1/s1. The number of carbonyl (C=O) groups is 2. The molecule has 0 bridgehead atoms. The fraction of sp³-hybridized carbons (Fsp3) is 0.385. The second-order valence-electron chi connectivity index (χ2n) is 3.68. The first-order valence-electron chi connectivity index (χ1n) is 5.70. The molecule has 1 aromatic carbocycles. The van der Waals surface area contributed by atoms with Gasteiger partial charge in [-0.3, -0.25) is 4.79 Å². The van der Waals surface area contributed by atoms with Crippen LogP contribution >= 0.6 is 0 Å². The lowest BCUT2D eigenvalue weighted by Crippen LogP contribution is -2.31. The summed E-state index contributed by atoms with van der Waals surface area (Å²) in [6, 6.07) is 6.84. The summed E-state index contributed by atoms with van der Waals surface area (Å²) in [5.41, 5.74) is 0.600. The van der Waals surface area contributed by atoms with Crippen LogP contribution in [0.2, 0.25) is 0 Å². The van der Waals surface area contributed by atoms with Crippen LogP contribution in [0.3, 0.4) is 0 Å². The molecule has 1 atom stereocenters. The van der Waals surface area contributed by atoms with Gasteiger partial charge in [-0.05, 0) is 24.3 Å². The molecule has 0 fully saturated rings. The Morgan fingerprint density at radius 2 is 2.00 bits per heavy atom. The molecular formula is C13H17NO5. The number of methoxy groups -OCH3 is 2. The first-order valence-corrected chi connectivity index (χ1v) is 5.70. The molecule has 19 heavy (non-hydrogen) atoms. The normalized spacial score (nSPS) is 11.7. The Labute approximate surface area is 111 Å². The van der Waals surface area contributed by atoms with Crippen molar-refractivity contribution in [2.75, 3.05) is 26.3 Å². The highest BCUT2D eigenvalue weighted by molar-refractivity contribution is 5.95. The average molecular weight is 267 g/mol. The lowest BCUT2D eigenvalue weighted by molar-refractivity contribution is -0.139. The molecule has 0 radical (unpaired) electrons. The smallest absolute Gasteiger partial charge is 0.254 e. The van der Waals surface area contributed by atoms with Gasteiger partial charge in [0.2, 0.25) is 0 Å². The van der Waals surface area contributed by atoms with Crippen LogP contribution in [0.5, 0.6) is 5.75 Å². The lowest BCUT2D eigenvalue weighted by atomic mass is 10.2. The van der Waals surface area contributed by atoms with Crippen LogP contribution in [-0.2, 0) is 19.1 Å². The van der Waals surface area contributed by atoms with Crippen molar-refractivity contribution in [2.45, 2.75) is 12.5 Å². The van der Waals surface area contributed by atoms with Crippen molar-refractivity contribution in [3.63, 3.8) is 0 Å². The molecule has 6 nitrogen and oxygen atoms in total. The average Bonchev–Trinajstić information content (AvgIpc) is 2.44. The number of nitrogens with one attached hydrogen (secondary N) is 1. The number of hydrogen-bond acceptors (Lipinski definition) is 5. The molecule has 0 saturated carbocycles. The largest absolute Gasteiger partial charge is 0.497 e. The minimum atomic E-state index is -0.862. The Morgan fingerprint density at radius 3 is 2.53 bits per heavy atom. The predicted octanol–water partition coefficient (Wildman–Crippen LogP) is 1.21. The van der Waals surface area contributed by atoms with Gasteiger partial charge in [-0.2, -0.15) is 0 Å². The maximum atomic E-state index is 11.9. The SMILES string of the molecule is COCO[C@H](CC=O)C(=O)Nc1ccc(OC)cc1. The van der Waals surface area contributed by atoms with E-state index in [1.807, 2.05) is 0 Å². The second-order valence-corrected chi connectivity index (χ2v) is 3.68. The summed E-state index contributed by atoms with van der Waals surface area (Å²) >= 11 is 0. The third-order valence-corrected chi connectivity index (χ3v) is 2.35. The molecule has 0 aliphatic carbocycles. The number of benzene rings is 1. The van der Waals surface area contributed by atoms with E-state index in [1.165, 1.54) is 7.11 Å². The third-order valence-electron chi connectivity index (χ3n) is 2.35. The Kier molecular flexibility index (Phi) is 6.56. The summed E-state index contributed by atoms with van der Waals surface area (Å²) < 4.78 is 14.8. The molecule has 0 spiro atoms. The van der Waals surface area contributed by atoms with E-state index in [1.54, 1.807) is 31.4 Å². The van der Waals surface area contributed by atoms with Gasteiger partial charge >= 0.3 is 0 Å². The van der Waals surface area contributed by atoms with Gasteiger partial charge < -0.3 is 24.3 Å². The molecule has 0 saturated heterocycles. The number of carbonyl (C=O) groups excluding carboxylic acids is 2. The fourth-order valence-corrected chi connectivity index (χ4v) is 1.39. The van der Waals surface area contributed by atoms with Crippen LogP contribution in [-0.4, -0.2) is 39.3 Å². The van der Waals surface area contributed by atoms with E-state index in [4.69, 9.17) is 14.2 Å². The van der Waals surface area contributed by atoms with E-state index in [9.17, 15) is 9.59 Å². The molecular weight excluding hydrogens is 250 g/mol. The first kappa shape index (κ1) is 15.1. The molecule has 0 aromatic heterocycles. The van der Waals surface area contributed by atoms with Crippen LogP contribution in [0.1, 0.15) is 6.42 Å². The quantitative estimate of drug-likeness (QED) is 0.566. The van der Waals surface area contributed by atoms with Gasteiger partial charge in [0.25, 0.3) is 5.91 Å². The van der Waals surface area contributed by atoms with Crippen molar-refractivity contribution < 1.29 is 23.8 Å². The number of rotatable bonds is 8. The van der Waals surface area contributed by atoms with Gasteiger partial charge in [-0.15, -0.1) is 0 Å². The lowest BCUT2D eigenvalue weighted by Gasteiger charge is -2.15. The number of aldehydes is 1. The van der Waals surface area contributed by atoms with Gasteiger partial charge in [-0.25, -0.2) is 0 Å². The fourth-order valence-electron chi connectivity index (χ4n) is 1.39. The molecule has 1 amide bonds. The van der Waals surface area contributed by atoms with Gasteiger partial charge in [0, 0.05) is 19.2 Å². The highest BCUT2D eigenvalue weighted by atomic mass is 16.7. The van der Waals surface area contributed by atoms with E-state index in [0.717, 1.165) is 0 Å². The molecule has 1 aromatic rings. The van der Waals surface area contributed by atoms with Crippen LogP contribution in [0.25, 0.3) is 0 Å². The zero-order chi connectivity index (χ0) is 14.1. The summed E-state index contributed by atoms with van der Waals surface area (Å²) in [6.07, 6.45) is -0.251. The minimum absolute atomic E-state index is 0.0225. The first-order chi connectivity index (χ1) is 9.21. The van der Waals surface area contributed by atoms with Gasteiger partial charge in [0.15, 0.2) is 0 Å². The van der Waals surface area contributed by atoms with Crippen molar-refractivity contribution in [3.05, 3.63) is 24.3 Å². The van der Waals surface area contributed by atoms with Crippen LogP contribution in [0, 0.1) is 0 Å². The molecule has 0 aliphatic rings. The summed E-state index contributed by atoms with van der Waals surface area (Å²) in [5.74, 6) is 0.299. The van der Waals surface area contributed by atoms with E-state index >= 15 is 0 Å². The predicted molar refractivity (Wildman–Crippen MR) is 69.1 cm³/mol. The Morgan fingerprint density at radius 1 is 1.32 bits per heavy atom. The molecule has 1 N–H and O–H groups in total. The third kappa shape index (κ3) is 5.07. The molecule has 104 valence electrons. The van der Waals surface area contributed by atoms with E-state index in [0.29, 0.717) is 17.7 Å². The zero-order valence-corrected chi connectivity index (χ0v) is 10.9. The molecule has 0 aliphatic heterocycles. The van der Waals surface area contributed by atoms with E-state index < -0.39 is 12.0 Å². The van der Waals surface area contributed by atoms with Crippen molar-refractivity contribution in [1.29, 1.82) is 0 Å². The molecule has 0 heterocycles. The minimum Gasteiger partial charge on any atom is -0.497 e. The number of ether oxygens (including phenoxy) is 3. The molecule has 0 unspecified atom stereocenters. The Bertz CT molecular complexity index is 404. The van der Waals surface area contributed by atoms with Crippen LogP contribution in [0.4, 0.5) is 5.69 Å². The van der Waals surface area contributed by atoms with Crippen molar-refractivity contribution in [1.82, 2.24) is 0 Å². The summed E-state index contributed by atoms with van der Waals surface area (Å²) in [6.45, 7) is -0.0471. The summed E-state index contributed by atoms with van der Waals surface area (Å²) in [5, 5.41) is 2.65. The Hall–Kier alpha value is -1.92.